The normalized spacial score (nSPS) is 29.2. The van der Waals surface area contributed by atoms with E-state index in [0.29, 0.717) is 0 Å². The molecule has 0 unspecified atom stereocenters. The van der Waals surface area contributed by atoms with Gasteiger partial charge in [-0.1, -0.05) is 0 Å². The SMILES string of the molecule is CC(C)(C)OC(=O)N1CC[C@H](O)[C@@]1(C)C(=O)O. The zero-order valence-electron chi connectivity index (χ0n) is 10.6. The predicted octanol–water partition coefficient (Wildman–Crippen LogP) is 0.831. The molecule has 0 radical (unpaired) electrons. The summed E-state index contributed by atoms with van der Waals surface area (Å²) in [5.41, 5.74) is -2.30. The molecule has 2 N–H and O–H groups in total. The molecule has 0 aromatic heterocycles. The summed E-state index contributed by atoms with van der Waals surface area (Å²) in [5.74, 6) is -1.23. The van der Waals surface area contributed by atoms with Crippen LogP contribution in [0.3, 0.4) is 0 Å². The first-order valence-electron chi connectivity index (χ1n) is 5.51. The fourth-order valence-electron chi connectivity index (χ4n) is 1.80. The number of ether oxygens (including phenoxy) is 1. The van der Waals surface area contributed by atoms with Crippen LogP contribution in [0.15, 0.2) is 0 Å². The van der Waals surface area contributed by atoms with Gasteiger partial charge in [-0.2, -0.15) is 0 Å². The molecule has 6 nitrogen and oxygen atoms in total. The van der Waals surface area contributed by atoms with Crippen LogP contribution in [0.2, 0.25) is 0 Å². The van der Waals surface area contributed by atoms with Crippen LogP contribution < -0.4 is 0 Å². The van der Waals surface area contributed by atoms with Gasteiger partial charge in [0.15, 0.2) is 5.54 Å². The van der Waals surface area contributed by atoms with Gasteiger partial charge in [-0.05, 0) is 34.1 Å². The molecule has 0 aromatic rings. The Morgan fingerprint density at radius 2 is 1.94 bits per heavy atom. The van der Waals surface area contributed by atoms with Crippen LogP contribution in [-0.2, 0) is 9.53 Å². The molecule has 98 valence electrons. The van der Waals surface area contributed by atoms with Crippen LogP contribution in [-0.4, -0.2) is 51.0 Å². The second kappa shape index (κ2) is 4.18. The highest BCUT2D eigenvalue weighted by molar-refractivity contribution is 5.85. The van der Waals surface area contributed by atoms with Crippen molar-refractivity contribution in [2.45, 2.75) is 51.4 Å². The van der Waals surface area contributed by atoms with E-state index < -0.39 is 29.3 Å². The van der Waals surface area contributed by atoms with Gasteiger partial charge in [0.2, 0.25) is 0 Å². The van der Waals surface area contributed by atoms with Crippen molar-refractivity contribution in [2.75, 3.05) is 6.54 Å². The second-order valence-corrected chi connectivity index (χ2v) is 5.39. The van der Waals surface area contributed by atoms with Crippen LogP contribution in [0.25, 0.3) is 0 Å². The molecule has 17 heavy (non-hydrogen) atoms. The largest absolute Gasteiger partial charge is 0.479 e. The average Bonchev–Trinajstić information content (AvgIpc) is 2.42. The molecule has 1 heterocycles. The number of carbonyl (C=O) groups is 2. The van der Waals surface area contributed by atoms with Crippen molar-refractivity contribution in [3.63, 3.8) is 0 Å². The highest BCUT2D eigenvalue weighted by Crippen LogP contribution is 2.31. The third-order valence-electron chi connectivity index (χ3n) is 2.88. The first-order valence-corrected chi connectivity index (χ1v) is 5.51. The van der Waals surface area contributed by atoms with Gasteiger partial charge in [0.1, 0.15) is 5.60 Å². The van der Waals surface area contributed by atoms with Crippen LogP contribution in [0.4, 0.5) is 4.79 Å². The van der Waals surface area contributed by atoms with E-state index in [-0.39, 0.29) is 13.0 Å². The van der Waals surface area contributed by atoms with Crippen LogP contribution in [0.1, 0.15) is 34.1 Å². The number of amides is 1. The lowest BCUT2D eigenvalue weighted by Gasteiger charge is -2.34. The number of nitrogens with zero attached hydrogens (tertiary/aromatic N) is 1. The zero-order chi connectivity index (χ0) is 13.4. The standard InChI is InChI=1S/C11H19NO5/c1-10(2,3)17-9(16)12-6-5-7(13)11(12,4)8(14)15/h7,13H,5-6H2,1-4H3,(H,14,15)/t7-,11-/m0/s1. The molecular formula is C11H19NO5. The molecule has 2 atom stereocenters. The molecule has 0 aromatic carbocycles. The van der Waals surface area contributed by atoms with Crippen molar-refractivity contribution in [2.24, 2.45) is 0 Å². The smallest absolute Gasteiger partial charge is 0.411 e. The highest BCUT2D eigenvalue weighted by atomic mass is 16.6. The van der Waals surface area contributed by atoms with Gasteiger partial charge in [-0.3, -0.25) is 4.90 Å². The van der Waals surface area contributed by atoms with E-state index in [9.17, 15) is 14.7 Å². The van der Waals surface area contributed by atoms with Gasteiger partial charge in [0.05, 0.1) is 6.10 Å². The van der Waals surface area contributed by atoms with E-state index in [1.807, 2.05) is 0 Å². The number of aliphatic carboxylic acids is 1. The minimum atomic E-state index is -1.61. The van der Waals surface area contributed by atoms with Gasteiger partial charge >= 0.3 is 12.1 Å². The highest BCUT2D eigenvalue weighted by Gasteiger charge is 2.53. The van der Waals surface area contributed by atoms with Crippen LogP contribution in [0.5, 0.6) is 0 Å². The molecule has 0 spiro atoms. The lowest BCUT2D eigenvalue weighted by molar-refractivity contribution is -0.153. The number of carboxylic acids is 1. The van der Waals surface area contributed by atoms with Crippen molar-refractivity contribution < 1.29 is 24.5 Å². The molecule has 1 aliphatic heterocycles. The van der Waals surface area contributed by atoms with E-state index >= 15 is 0 Å². The fourth-order valence-corrected chi connectivity index (χ4v) is 1.80. The minimum absolute atomic E-state index is 0.179. The van der Waals surface area contributed by atoms with Gasteiger partial charge in [-0.15, -0.1) is 0 Å². The average molecular weight is 245 g/mol. The first kappa shape index (κ1) is 13.8. The molecule has 1 aliphatic rings. The third-order valence-corrected chi connectivity index (χ3v) is 2.88. The monoisotopic (exact) mass is 245 g/mol. The summed E-state index contributed by atoms with van der Waals surface area (Å²) in [6, 6.07) is 0. The molecule has 0 aliphatic carbocycles. The second-order valence-electron chi connectivity index (χ2n) is 5.39. The Morgan fingerprint density at radius 1 is 1.41 bits per heavy atom. The topological polar surface area (TPSA) is 87.1 Å². The summed E-state index contributed by atoms with van der Waals surface area (Å²) < 4.78 is 5.13. The van der Waals surface area contributed by atoms with Gasteiger partial charge in [0, 0.05) is 6.54 Å². The zero-order valence-corrected chi connectivity index (χ0v) is 10.6. The Bertz CT molecular complexity index is 335. The molecular weight excluding hydrogens is 226 g/mol. The Morgan fingerprint density at radius 3 is 2.35 bits per heavy atom. The van der Waals surface area contributed by atoms with Crippen molar-refractivity contribution in [1.82, 2.24) is 4.90 Å². The minimum Gasteiger partial charge on any atom is -0.479 e. The molecule has 6 heteroatoms. The Labute approximate surface area is 100 Å². The lowest BCUT2D eigenvalue weighted by atomic mass is 9.96. The van der Waals surface area contributed by atoms with Gasteiger partial charge in [0.25, 0.3) is 0 Å². The number of hydrogen-bond acceptors (Lipinski definition) is 4. The van der Waals surface area contributed by atoms with E-state index in [1.165, 1.54) is 6.92 Å². The summed E-state index contributed by atoms with van der Waals surface area (Å²) in [4.78, 5) is 24.1. The van der Waals surface area contributed by atoms with Crippen LogP contribution >= 0.6 is 0 Å². The molecule has 1 saturated heterocycles. The number of aliphatic hydroxyl groups is 1. The van der Waals surface area contributed by atoms with Crippen molar-refractivity contribution in [3.8, 4) is 0 Å². The summed E-state index contributed by atoms with van der Waals surface area (Å²) in [6.07, 6.45) is -1.55. The predicted molar refractivity (Wildman–Crippen MR) is 59.6 cm³/mol. The number of aliphatic hydroxyl groups excluding tert-OH is 1. The fraction of sp³-hybridized carbons (Fsp3) is 0.818. The number of carbonyl (C=O) groups excluding carboxylic acids is 1. The molecule has 0 bridgehead atoms. The van der Waals surface area contributed by atoms with Gasteiger partial charge < -0.3 is 14.9 Å². The lowest BCUT2D eigenvalue weighted by Crippen LogP contribution is -2.57. The Hall–Kier alpha value is -1.30. The van der Waals surface area contributed by atoms with E-state index in [2.05, 4.69) is 0 Å². The van der Waals surface area contributed by atoms with Crippen LogP contribution in [0, 0.1) is 0 Å². The van der Waals surface area contributed by atoms with E-state index in [0.717, 1.165) is 4.90 Å². The molecule has 1 fully saturated rings. The van der Waals surface area contributed by atoms with E-state index in [1.54, 1.807) is 20.8 Å². The van der Waals surface area contributed by atoms with Crippen molar-refractivity contribution in [1.29, 1.82) is 0 Å². The maximum absolute atomic E-state index is 11.9. The maximum atomic E-state index is 11.9. The number of carboxylic acid groups (broad SMARTS) is 1. The van der Waals surface area contributed by atoms with Crippen molar-refractivity contribution in [3.05, 3.63) is 0 Å². The summed E-state index contributed by atoms with van der Waals surface area (Å²) >= 11 is 0. The Kier molecular flexibility index (Phi) is 3.38. The quantitative estimate of drug-likeness (QED) is 0.714. The number of likely N-dealkylation sites (tertiary alicyclic amines) is 1. The third kappa shape index (κ3) is 2.52. The first-order chi connectivity index (χ1) is 7.59. The van der Waals surface area contributed by atoms with Gasteiger partial charge in [-0.25, -0.2) is 9.59 Å². The molecule has 1 amide bonds. The molecule has 1 rings (SSSR count). The maximum Gasteiger partial charge on any atom is 0.411 e. The van der Waals surface area contributed by atoms with E-state index in [4.69, 9.17) is 9.84 Å². The Balaban J connectivity index is 2.91. The molecule has 0 saturated carbocycles. The number of hydrogen-bond donors (Lipinski definition) is 2. The van der Waals surface area contributed by atoms with Crippen molar-refractivity contribution >= 4 is 12.1 Å². The summed E-state index contributed by atoms with van der Waals surface area (Å²) in [7, 11) is 0. The number of rotatable bonds is 1. The summed E-state index contributed by atoms with van der Waals surface area (Å²) in [6.45, 7) is 6.62. The summed E-state index contributed by atoms with van der Waals surface area (Å²) in [5, 5.41) is 18.9.